The maximum Gasteiger partial charge on any atom is 0.338 e. The van der Waals surface area contributed by atoms with Gasteiger partial charge in [0, 0.05) is 24.9 Å². The van der Waals surface area contributed by atoms with Crippen LogP contribution in [0, 0.1) is 5.92 Å². The number of carbonyl (C=O) groups excluding carboxylic acids is 3. The van der Waals surface area contributed by atoms with Crippen molar-refractivity contribution < 1.29 is 19.1 Å². The standard InChI is InChI=1S/C26H32N2O4S/c1-20(29)33-19-23(17-21-9-4-2-5-10-21)25(30)27-24-12-8-11-22(18-24)26(31)32-16-15-28-13-6-3-7-14-28/h2,4-5,8-12,18,23H,3,6-7,13-17,19H2,1H3,(H,27,30). The van der Waals surface area contributed by atoms with E-state index in [2.05, 4.69) is 10.2 Å². The molecule has 1 N–H and O–H groups in total. The summed E-state index contributed by atoms with van der Waals surface area (Å²) in [5.41, 5.74) is 1.98. The van der Waals surface area contributed by atoms with E-state index in [1.54, 1.807) is 24.3 Å². The number of thioether (sulfide) groups is 1. The molecule has 1 unspecified atom stereocenters. The molecule has 3 rings (SSSR count). The fourth-order valence-electron chi connectivity index (χ4n) is 3.85. The predicted molar refractivity (Wildman–Crippen MR) is 132 cm³/mol. The van der Waals surface area contributed by atoms with Gasteiger partial charge in [-0.2, -0.15) is 0 Å². The first-order valence-corrected chi connectivity index (χ1v) is 12.5. The van der Waals surface area contributed by atoms with E-state index in [0.717, 1.165) is 37.0 Å². The number of likely N-dealkylation sites (tertiary alicyclic amines) is 1. The monoisotopic (exact) mass is 468 g/mol. The van der Waals surface area contributed by atoms with Crippen molar-refractivity contribution in [1.82, 2.24) is 4.90 Å². The van der Waals surface area contributed by atoms with Gasteiger partial charge in [-0.3, -0.25) is 14.5 Å². The number of piperidine rings is 1. The van der Waals surface area contributed by atoms with Crippen molar-refractivity contribution in [2.24, 2.45) is 5.92 Å². The average Bonchev–Trinajstić information content (AvgIpc) is 2.83. The van der Waals surface area contributed by atoms with Crippen LogP contribution in [-0.2, 0) is 20.7 Å². The van der Waals surface area contributed by atoms with Crippen LogP contribution < -0.4 is 5.32 Å². The number of ether oxygens (including phenoxy) is 1. The first-order valence-electron chi connectivity index (χ1n) is 11.5. The summed E-state index contributed by atoms with van der Waals surface area (Å²) in [5.74, 6) is -0.547. The van der Waals surface area contributed by atoms with Crippen molar-refractivity contribution in [2.75, 3.05) is 37.3 Å². The Balaban J connectivity index is 1.57. The van der Waals surface area contributed by atoms with Crippen molar-refractivity contribution in [3.63, 3.8) is 0 Å². The topological polar surface area (TPSA) is 75.7 Å². The fourth-order valence-corrected chi connectivity index (χ4v) is 4.55. The normalized spacial score (nSPS) is 14.9. The molecular formula is C26H32N2O4S. The number of anilines is 1. The number of benzene rings is 2. The lowest BCUT2D eigenvalue weighted by Crippen LogP contribution is -2.33. The molecule has 0 radical (unpaired) electrons. The van der Waals surface area contributed by atoms with Gasteiger partial charge in [0.25, 0.3) is 0 Å². The summed E-state index contributed by atoms with van der Waals surface area (Å²) in [7, 11) is 0. The van der Waals surface area contributed by atoms with Crippen molar-refractivity contribution >= 4 is 34.4 Å². The van der Waals surface area contributed by atoms with Crippen LogP contribution in [0.3, 0.4) is 0 Å². The lowest BCUT2D eigenvalue weighted by atomic mass is 10.00. The number of rotatable bonds is 10. The highest BCUT2D eigenvalue weighted by molar-refractivity contribution is 8.13. The van der Waals surface area contributed by atoms with E-state index in [0.29, 0.717) is 30.0 Å². The highest BCUT2D eigenvalue weighted by Gasteiger charge is 2.21. The third-order valence-electron chi connectivity index (χ3n) is 5.64. The SMILES string of the molecule is CC(=O)SCC(Cc1ccccc1)C(=O)Nc1cccc(C(=O)OCCN2CCCCC2)c1. The smallest absolute Gasteiger partial charge is 0.338 e. The quantitative estimate of drug-likeness (QED) is 0.521. The van der Waals surface area contributed by atoms with Gasteiger partial charge in [-0.25, -0.2) is 4.79 Å². The zero-order chi connectivity index (χ0) is 23.5. The van der Waals surface area contributed by atoms with Crippen molar-refractivity contribution in [3.8, 4) is 0 Å². The Hall–Kier alpha value is -2.64. The number of hydrogen-bond donors (Lipinski definition) is 1. The summed E-state index contributed by atoms with van der Waals surface area (Å²) < 4.78 is 5.45. The number of nitrogens with one attached hydrogen (secondary N) is 1. The molecule has 7 heteroatoms. The van der Waals surface area contributed by atoms with E-state index in [4.69, 9.17) is 4.74 Å². The minimum Gasteiger partial charge on any atom is -0.461 e. The Bertz CT molecular complexity index is 929. The highest BCUT2D eigenvalue weighted by atomic mass is 32.2. The molecule has 1 aliphatic rings. The van der Waals surface area contributed by atoms with E-state index < -0.39 is 5.97 Å². The molecule has 0 aliphatic carbocycles. The number of nitrogens with zero attached hydrogens (tertiary/aromatic N) is 1. The number of carbonyl (C=O) groups is 3. The lowest BCUT2D eigenvalue weighted by Gasteiger charge is -2.25. The lowest BCUT2D eigenvalue weighted by molar-refractivity contribution is -0.119. The predicted octanol–water partition coefficient (Wildman–Crippen LogP) is 4.41. The molecule has 1 amide bonds. The summed E-state index contributed by atoms with van der Waals surface area (Å²) in [5, 5.41) is 2.89. The van der Waals surface area contributed by atoms with Crippen LogP contribution in [0.1, 0.15) is 42.1 Å². The van der Waals surface area contributed by atoms with E-state index in [1.807, 2.05) is 30.3 Å². The summed E-state index contributed by atoms with van der Waals surface area (Å²) in [6.45, 7) is 4.73. The Morgan fingerprint density at radius 3 is 2.52 bits per heavy atom. The number of hydrogen-bond acceptors (Lipinski definition) is 6. The molecule has 33 heavy (non-hydrogen) atoms. The van der Waals surface area contributed by atoms with E-state index >= 15 is 0 Å². The Morgan fingerprint density at radius 1 is 1.03 bits per heavy atom. The van der Waals surface area contributed by atoms with Crippen molar-refractivity contribution in [1.29, 1.82) is 0 Å². The van der Waals surface area contributed by atoms with Crippen LogP contribution in [-0.4, -0.2) is 53.9 Å². The van der Waals surface area contributed by atoms with Gasteiger partial charge < -0.3 is 10.1 Å². The summed E-state index contributed by atoms with van der Waals surface area (Å²) in [4.78, 5) is 39.3. The van der Waals surface area contributed by atoms with E-state index in [1.165, 1.54) is 26.2 Å². The molecule has 1 aliphatic heterocycles. The van der Waals surface area contributed by atoms with Gasteiger partial charge in [0.15, 0.2) is 5.12 Å². The molecule has 0 saturated carbocycles. The van der Waals surface area contributed by atoms with Crippen LogP contribution in [0.4, 0.5) is 5.69 Å². The van der Waals surface area contributed by atoms with E-state index in [-0.39, 0.29) is 16.9 Å². The van der Waals surface area contributed by atoms with Gasteiger partial charge in [-0.1, -0.05) is 54.6 Å². The molecule has 1 atom stereocenters. The first kappa shape index (κ1) is 25.0. The summed E-state index contributed by atoms with van der Waals surface area (Å²) in [6, 6.07) is 16.5. The third-order valence-corrected chi connectivity index (χ3v) is 6.61. The largest absolute Gasteiger partial charge is 0.461 e. The third kappa shape index (κ3) is 8.67. The summed E-state index contributed by atoms with van der Waals surface area (Å²) in [6.07, 6.45) is 4.21. The minimum absolute atomic E-state index is 0.0184. The molecule has 0 aromatic heterocycles. The molecule has 1 heterocycles. The number of amides is 1. The van der Waals surface area contributed by atoms with Crippen LogP contribution in [0.5, 0.6) is 0 Å². The second-order valence-corrected chi connectivity index (χ2v) is 9.49. The second kappa shape index (κ2) is 13.2. The molecule has 2 aromatic rings. The Morgan fingerprint density at radius 2 is 1.79 bits per heavy atom. The second-order valence-electron chi connectivity index (χ2n) is 8.30. The molecule has 1 saturated heterocycles. The zero-order valence-electron chi connectivity index (χ0n) is 19.1. The first-order chi connectivity index (χ1) is 16.0. The molecule has 0 bridgehead atoms. The van der Waals surface area contributed by atoms with Crippen LogP contribution in [0.2, 0.25) is 0 Å². The van der Waals surface area contributed by atoms with Crippen LogP contribution in [0.25, 0.3) is 0 Å². The average molecular weight is 469 g/mol. The summed E-state index contributed by atoms with van der Waals surface area (Å²) >= 11 is 1.15. The van der Waals surface area contributed by atoms with Gasteiger partial charge in [0.05, 0.1) is 11.5 Å². The highest BCUT2D eigenvalue weighted by Crippen LogP contribution is 2.19. The van der Waals surface area contributed by atoms with Gasteiger partial charge in [-0.15, -0.1) is 0 Å². The van der Waals surface area contributed by atoms with Crippen molar-refractivity contribution in [2.45, 2.75) is 32.6 Å². The van der Waals surface area contributed by atoms with Gasteiger partial charge in [0.2, 0.25) is 5.91 Å². The van der Waals surface area contributed by atoms with Crippen LogP contribution in [0.15, 0.2) is 54.6 Å². The van der Waals surface area contributed by atoms with Gasteiger partial charge in [-0.05, 0) is 56.1 Å². The molecule has 2 aromatic carbocycles. The zero-order valence-corrected chi connectivity index (χ0v) is 19.9. The Kier molecular flexibility index (Phi) is 9.97. The minimum atomic E-state index is -0.393. The molecule has 0 spiro atoms. The maximum atomic E-state index is 13.0. The molecular weight excluding hydrogens is 436 g/mol. The number of esters is 1. The van der Waals surface area contributed by atoms with Gasteiger partial charge >= 0.3 is 5.97 Å². The van der Waals surface area contributed by atoms with Crippen molar-refractivity contribution in [3.05, 3.63) is 65.7 Å². The van der Waals surface area contributed by atoms with E-state index in [9.17, 15) is 14.4 Å². The molecule has 6 nitrogen and oxygen atoms in total. The Labute approximate surface area is 200 Å². The van der Waals surface area contributed by atoms with Crippen LogP contribution >= 0.6 is 11.8 Å². The maximum absolute atomic E-state index is 13.0. The molecule has 1 fully saturated rings. The molecule has 176 valence electrons. The fraction of sp³-hybridized carbons (Fsp3) is 0.423. The van der Waals surface area contributed by atoms with Gasteiger partial charge in [0.1, 0.15) is 6.61 Å².